The topological polar surface area (TPSA) is 26.3 Å². The fraction of sp³-hybridized carbons (Fsp3) is 1.00. The van der Waals surface area contributed by atoms with Gasteiger partial charge in [0.15, 0.2) is 0 Å². The van der Waals surface area contributed by atoms with Crippen molar-refractivity contribution in [2.75, 3.05) is 6.66 Å². The van der Waals surface area contributed by atoms with E-state index in [1.165, 1.54) is 19.3 Å². The minimum absolute atomic E-state index is 0.0951. The largest absolute Gasteiger partial charge is 0.326 e. The molecule has 0 amide bonds. The Morgan fingerprint density at radius 2 is 1.77 bits per heavy atom. The van der Waals surface area contributed by atoms with Crippen LogP contribution in [-0.4, -0.2) is 18.4 Å². The predicted molar refractivity (Wildman–Crippen MR) is 56.6 cm³/mol. The number of hydrogen-bond donors (Lipinski definition) is 0. The third-order valence-electron chi connectivity index (χ3n) is 2.66. The summed E-state index contributed by atoms with van der Waals surface area (Å²) in [7, 11) is -2.32. The molecule has 2 nitrogen and oxygen atoms in total. The summed E-state index contributed by atoms with van der Waals surface area (Å²) in [6.45, 7) is 5.72. The van der Waals surface area contributed by atoms with Crippen LogP contribution in [0.5, 0.6) is 0 Å². The predicted octanol–water partition coefficient (Wildman–Crippen LogP) is 3.65. The van der Waals surface area contributed by atoms with Crippen molar-refractivity contribution in [1.29, 1.82) is 0 Å². The lowest BCUT2D eigenvalue weighted by molar-refractivity contribution is 0.237. The van der Waals surface area contributed by atoms with Gasteiger partial charge in [0, 0.05) is 12.3 Å². The minimum atomic E-state index is -2.32. The Labute approximate surface area is 81.5 Å². The fourth-order valence-corrected chi connectivity index (χ4v) is 4.37. The van der Waals surface area contributed by atoms with Crippen molar-refractivity contribution < 1.29 is 9.09 Å². The maximum atomic E-state index is 12.2. The second-order valence-corrected chi connectivity index (χ2v) is 7.11. The van der Waals surface area contributed by atoms with Crippen molar-refractivity contribution in [1.82, 2.24) is 0 Å². The van der Waals surface area contributed by atoms with Gasteiger partial charge < -0.3 is 4.52 Å². The molecule has 0 heterocycles. The summed E-state index contributed by atoms with van der Waals surface area (Å²) in [6, 6.07) is 0. The van der Waals surface area contributed by atoms with E-state index in [0.29, 0.717) is 5.66 Å². The molecule has 0 bridgehead atoms. The molecule has 13 heavy (non-hydrogen) atoms. The van der Waals surface area contributed by atoms with Crippen LogP contribution in [-0.2, 0) is 9.09 Å². The van der Waals surface area contributed by atoms with Crippen LogP contribution >= 0.6 is 7.37 Å². The minimum Gasteiger partial charge on any atom is -0.326 e. The molecule has 0 aliphatic heterocycles. The van der Waals surface area contributed by atoms with Gasteiger partial charge in [0.2, 0.25) is 7.37 Å². The average molecular weight is 204 g/mol. The van der Waals surface area contributed by atoms with E-state index in [4.69, 9.17) is 4.52 Å². The van der Waals surface area contributed by atoms with Gasteiger partial charge in [-0.15, -0.1) is 0 Å². The second-order valence-electron chi connectivity index (χ2n) is 4.35. The Morgan fingerprint density at radius 1 is 1.23 bits per heavy atom. The average Bonchev–Trinajstić information content (AvgIpc) is 2.04. The van der Waals surface area contributed by atoms with Gasteiger partial charge >= 0.3 is 0 Å². The van der Waals surface area contributed by atoms with Crippen molar-refractivity contribution in [3.8, 4) is 0 Å². The fourth-order valence-electron chi connectivity index (χ4n) is 2.05. The van der Waals surface area contributed by atoms with Gasteiger partial charge in [-0.3, -0.25) is 4.57 Å². The first-order valence-electron chi connectivity index (χ1n) is 5.28. The molecule has 0 spiro atoms. The molecular weight excluding hydrogens is 183 g/mol. The molecule has 0 aromatic carbocycles. The molecular formula is C10H21O2P. The Kier molecular flexibility index (Phi) is 4.00. The Morgan fingerprint density at radius 3 is 2.23 bits per heavy atom. The monoisotopic (exact) mass is 204 g/mol. The smallest absolute Gasteiger partial charge is 0.203 e. The lowest BCUT2D eigenvalue weighted by atomic mass is 10.0. The van der Waals surface area contributed by atoms with Gasteiger partial charge in [0.05, 0.1) is 6.10 Å². The zero-order valence-corrected chi connectivity index (χ0v) is 9.85. The van der Waals surface area contributed by atoms with Crippen LogP contribution in [0.2, 0.25) is 0 Å². The molecule has 0 aromatic rings. The third-order valence-corrected chi connectivity index (χ3v) is 5.34. The molecule has 0 N–H and O–H groups in total. The van der Waals surface area contributed by atoms with Crippen LogP contribution in [0, 0.1) is 0 Å². The van der Waals surface area contributed by atoms with Crippen molar-refractivity contribution in [3.05, 3.63) is 0 Å². The molecule has 78 valence electrons. The highest BCUT2D eigenvalue weighted by molar-refractivity contribution is 7.58. The van der Waals surface area contributed by atoms with Crippen molar-refractivity contribution in [2.45, 2.75) is 57.7 Å². The van der Waals surface area contributed by atoms with Gasteiger partial charge in [-0.2, -0.15) is 0 Å². The Balaban J connectivity index is 2.51. The van der Waals surface area contributed by atoms with Gasteiger partial charge in [-0.25, -0.2) is 0 Å². The summed E-state index contributed by atoms with van der Waals surface area (Å²) in [5.74, 6) is 0. The summed E-state index contributed by atoms with van der Waals surface area (Å²) in [5, 5.41) is 0. The molecule has 1 aliphatic rings. The zero-order chi connectivity index (χ0) is 9.90. The van der Waals surface area contributed by atoms with Crippen LogP contribution in [0.4, 0.5) is 0 Å². The van der Waals surface area contributed by atoms with E-state index in [2.05, 4.69) is 0 Å². The molecule has 3 heteroatoms. The molecule has 1 rings (SSSR count). The molecule has 1 fully saturated rings. The van der Waals surface area contributed by atoms with E-state index in [9.17, 15) is 4.57 Å². The summed E-state index contributed by atoms with van der Waals surface area (Å²) >= 11 is 0. The number of rotatable bonds is 3. The lowest BCUT2D eigenvalue weighted by Gasteiger charge is -2.28. The van der Waals surface area contributed by atoms with Gasteiger partial charge in [0.25, 0.3) is 0 Å². The lowest BCUT2D eigenvalue weighted by Crippen LogP contribution is -2.16. The van der Waals surface area contributed by atoms with Crippen LogP contribution in [0.1, 0.15) is 46.0 Å². The third kappa shape index (κ3) is 3.44. The van der Waals surface area contributed by atoms with Crippen LogP contribution in [0.25, 0.3) is 0 Å². The van der Waals surface area contributed by atoms with Gasteiger partial charge in [-0.1, -0.05) is 19.3 Å². The Bertz CT molecular complexity index is 195. The molecule has 1 aliphatic carbocycles. The first-order valence-corrected chi connectivity index (χ1v) is 7.42. The molecule has 1 atom stereocenters. The normalized spacial score (nSPS) is 24.6. The summed E-state index contributed by atoms with van der Waals surface area (Å²) in [4.78, 5) is 0. The highest BCUT2D eigenvalue weighted by Crippen LogP contribution is 2.54. The molecule has 0 radical (unpaired) electrons. The SMILES string of the molecule is CC(C)OP(C)(=O)C1CCCCC1. The van der Waals surface area contributed by atoms with Crippen LogP contribution in [0.15, 0.2) is 0 Å². The van der Waals surface area contributed by atoms with E-state index < -0.39 is 7.37 Å². The summed E-state index contributed by atoms with van der Waals surface area (Å²) in [5.41, 5.74) is 0.337. The highest BCUT2D eigenvalue weighted by Gasteiger charge is 2.30. The quantitative estimate of drug-likeness (QED) is 0.656. The summed E-state index contributed by atoms with van der Waals surface area (Å²) < 4.78 is 17.7. The van der Waals surface area contributed by atoms with Crippen molar-refractivity contribution in [3.63, 3.8) is 0 Å². The van der Waals surface area contributed by atoms with Crippen LogP contribution in [0.3, 0.4) is 0 Å². The Hall–Kier alpha value is 0.190. The molecule has 0 saturated heterocycles. The maximum Gasteiger partial charge on any atom is 0.203 e. The van der Waals surface area contributed by atoms with Gasteiger partial charge in [-0.05, 0) is 26.7 Å². The van der Waals surface area contributed by atoms with Crippen LogP contribution < -0.4 is 0 Å². The van der Waals surface area contributed by atoms with E-state index in [1.54, 1.807) is 0 Å². The number of hydrogen-bond acceptors (Lipinski definition) is 2. The highest BCUT2D eigenvalue weighted by atomic mass is 31.2. The summed E-state index contributed by atoms with van der Waals surface area (Å²) in [6.07, 6.45) is 6.05. The molecule has 1 unspecified atom stereocenters. The second kappa shape index (κ2) is 4.61. The first-order chi connectivity index (χ1) is 6.02. The van der Waals surface area contributed by atoms with Crippen molar-refractivity contribution >= 4 is 7.37 Å². The van der Waals surface area contributed by atoms with Gasteiger partial charge in [0.1, 0.15) is 0 Å². The van der Waals surface area contributed by atoms with E-state index in [1.807, 2.05) is 20.5 Å². The standard InChI is InChI=1S/C10H21O2P/c1-9(2)12-13(3,11)10-7-5-4-6-8-10/h9-10H,4-8H2,1-3H3. The van der Waals surface area contributed by atoms with E-state index in [-0.39, 0.29) is 6.10 Å². The maximum absolute atomic E-state index is 12.2. The molecule has 1 saturated carbocycles. The molecule has 0 aromatic heterocycles. The van der Waals surface area contributed by atoms with E-state index in [0.717, 1.165) is 12.8 Å². The zero-order valence-electron chi connectivity index (χ0n) is 8.95. The van der Waals surface area contributed by atoms with Crippen molar-refractivity contribution in [2.24, 2.45) is 0 Å². The first kappa shape index (κ1) is 11.3. The van der Waals surface area contributed by atoms with E-state index >= 15 is 0 Å².